The van der Waals surface area contributed by atoms with E-state index in [4.69, 9.17) is 13.8 Å². The molecule has 98 valence electrons. The number of carbonyl (C=O) groups excluding carboxylic acids is 1. The molecule has 0 fully saturated rings. The lowest BCUT2D eigenvalue weighted by molar-refractivity contribution is -0.137. The third-order valence-electron chi connectivity index (χ3n) is 2.13. The minimum absolute atomic E-state index is 0.0359. The van der Waals surface area contributed by atoms with Crippen LogP contribution in [0.4, 0.5) is 0 Å². The van der Waals surface area contributed by atoms with E-state index in [-0.39, 0.29) is 18.5 Å². The van der Waals surface area contributed by atoms with Crippen LogP contribution in [0.2, 0.25) is 0 Å². The first-order valence-corrected chi connectivity index (χ1v) is 7.65. The van der Waals surface area contributed by atoms with Gasteiger partial charge in [0.2, 0.25) is 0 Å². The van der Waals surface area contributed by atoms with Gasteiger partial charge in [-0.15, -0.1) is 0 Å². The van der Waals surface area contributed by atoms with E-state index in [9.17, 15) is 9.36 Å². The van der Waals surface area contributed by atoms with Gasteiger partial charge in [0.15, 0.2) is 5.31 Å². The smallest absolute Gasteiger partial charge is 0.370 e. The summed E-state index contributed by atoms with van der Waals surface area (Å²) in [5.41, 5.74) is -0.854. The zero-order valence-electron chi connectivity index (χ0n) is 10.3. The summed E-state index contributed by atoms with van der Waals surface area (Å²) in [5, 5.41) is -0.0359. The Morgan fingerprint density at radius 1 is 1.41 bits per heavy atom. The highest BCUT2D eigenvalue weighted by atomic mass is 79.9. The molecule has 0 aromatic rings. The quantitative estimate of drug-likeness (QED) is 0.586. The molecule has 7 heteroatoms. The Morgan fingerprint density at radius 3 is 2.47 bits per heavy atom. The molecule has 0 N–H and O–H groups in total. The molecule has 1 atom stereocenters. The Morgan fingerprint density at radius 2 is 2.00 bits per heavy atom. The minimum Gasteiger partial charge on any atom is -0.462 e. The van der Waals surface area contributed by atoms with Crippen molar-refractivity contribution in [2.24, 2.45) is 0 Å². The van der Waals surface area contributed by atoms with Crippen molar-refractivity contribution >= 4 is 29.5 Å². The van der Waals surface area contributed by atoms with E-state index >= 15 is 0 Å². The lowest BCUT2D eigenvalue weighted by Crippen LogP contribution is -2.18. The highest BCUT2D eigenvalue weighted by molar-refractivity contribution is 9.11. The summed E-state index contributed by atoms with van der Waals surface area (Å²) in [4.78, 5) is 11.8. The van der Waals surface area contributed by atoms with Crippen molar-refractivity contribution in [3.05, 3.63) is 9.80 Å². The fourth-order valence-electron chi connectivity index (χ4n) is 1.45. The third-order valence-corrected chi connectivity index (χ3v) is 6.03. The maximum Gasteiger partial charge on any atom is 0.370 e. The molecule has 1 unspecified atom stereocenters. The van der Waals surface area contributed by atoms with Crippen LogP contribution in [0.1, 0.15) is 27.7 Å². The van der Waals surface area contributed by atoms with Crippen LogP contribution >= 0.6 is 23.5 Å². The van der Waals surface area contributed by atoms with Crippen molar-refractivity contribution in [2.75, 3.05) is 13.2 Å². The second-order valence-electron chi connectivity index (χ2n) is 3.90. The summed E-state index contributed by atoms with van der Waals surface area (Å²) in [6.07, 6.45) is 0. The number of hydrogen-bond acceptors (Lipinski definition) is 5. The number of carbonyl (C=O) groups is 1. The van der Waals surface area contributed by atoms with Crippen molar-refractivity contribution in [2.45, 2.75) is 33.3 Å². The summed E-state index contributed by atoms with van der Waals surface area (Å²) in [6, 6.07) is 0. The average Bonchev–Trinajstić information content (AvgIpc) is 2.33. The Hall–Kier alpha value is -0.160. The highest BCUT2D eigenvalue weighted by Crippen LogP contribution is 2.67. The van der Waals surface area contributed by atoms with Gasteiger partial charge >= 0.3 is 13.6 Å². The largest absolute Gasteiger partial charge is 0.462 e. The molecule has 1 rings (SSSR count). The van der Waals surface area contributed by atoms with Crippen molar-refractivity contribution in [3.8, 4) is 0 Å². The van der Waals surface area contributed by atoms with Crippen LogP contribution in [0.15, 0.2) is 9.80 Å². The van der Waals surface area contributed by atoms with Gasteiger partial charge in [-0.3, -0.25) is 9.09 Å². The fourth-order valence-corrected chi connectivity index (χ4v) is 4.58. The number of ether oxygens (including phenoxy) is 1. The second kappa shape index (κ2) is 5.22. The van der Waals surface area contributed by atoms with Gasteiger partial charge in [-0.05, 0) is 27.7 Å². The van der Waals surface area contributed by atoms with Gasteiger partial charge in [0.1, 0.15) is 5.60 Å². The lowest BCUT2D eigenvalue weighted by atomic mass is 10.1. The summed E-state index contributed by atoms with van der Waals surface area (Å²) in [5.74, 6) is -0.665. The summed E-state index contributed by atoms with van der Waals surface area (Å²) < 4.78 is 28.2. The lowest BCUT2D eigenvalue weighted by Gasteiger charge is -2.20. The zero-order valence-corrected chi connectivity index (χ0v) is 12.8. The Balaban J connectivity index is 3.21. The molecule has 0 aromatic heterocycles. The molecule has 17 heavy (non-hydrogen) atoms. The maximum absolute atomic E-state index is 12.5. The van der Waals surface area contributed by atoms with Crippen molar-refractivity contribution in [1.82, 2.24) is 0 Å². The zero-order chi connectivity index (χ0) is 13.3. The molecule has 0 aromatic carbocycles. The summed E-state index contributed by atoms with van der Waals surface area (Å²) in [6.45, 7) is 7.17. The molecule has 1 aliphatic rings. The van der Waals surface area contributed by atoms with Gasteiger partial charge in [0.05, 0.1) is 13.2 Å². The molecule has 0 saturated carbocycles. The van der Waals surface area contributed by atoms with Crippen LogP contribution in [0.5, 0.6) is 0 Å². The Kier molecular flexibility index (Phi) is 4.58. The van der Waals surface area contributed by atoms with Crippen molar-refractivity contribution in [3.63, 3.8) is 0 Å². The molecule has 0 aliphatic carbocycles. The molecule has 0 radical (unpaired) electrons. The van der Waals surface area contributed by atoms with Gasteiger partial charge < -0.3 is 9.26 Å². The van der Waals surface area contributed by atoms with Crippen molar-refractivity contribution < 1.29 is 23.1 Å². The van der Waals surface area contributed by atoms with Gasteiger partial charge in [0, 0.05) is 4.48 Å². The SMILES string of the molecule is CCOC(=O)C1=C(Br)C(C)(C)OP1(=O)OCC. The average molecular weight is 327 g/mol. The molecule has 0 amide bonds. The first-order valence-electron chi connectivity index (χ1n) is 5.31. The third kappa shape index (κ3) is 2.81. The van der Waals surface area contributed by atoms with Crippen molar-refractivity contribution in [1.29, 1.82) is 0 Å². The molecule has 0 saturated heterocycles. The van der Waals surface area contributed by atoms with E-state index < -0.39 is 19.2 Å². The van der Waals surface area contributed by atoms with Crippen LogP contribution in [0.3, 0.4) is 0 Å². The summed E-state index contributed by atoms with van der Waals surface area (Å²) in [7, 11) is -3.59. The number of rotatable bonds is 4. The van der Waals surface area contributed by atoms with Gasteiger partial charge in [0.25, 0.3) is 0 Å². The number of esters is 1. The molecule has 0 bridgehead atoms. The van der Waals surface area contributed by atoms with Gasteiger partial charge in [-0.2, -0.15) is 0 Å². The predicted octanol–water partition coefficient (Wildman–Crippen LogP) is 3.19. The van der Waals surface area contributed by atoms with Gasteiger partial charge in [-0.1, -0.05) is 15.9 Å². The molecular weight excluding hydrogens is 311 g/mol. The molecule has 1 aliphatic heterocycles. The predicted molar refractivity (Wildman–Crippen MR) is 67.0 cm³/mol. The minimum atomic E-state index is -3.59. The van der Waals surface area contributed by atoms with E-state index in [0.717, 1.165) is 0 Å². The van der Waals surface area contributed by atoms with Crippen LogP contribution < -0.4 is 0 Å². The monoisotopic (exact) mass is 326 g/mol. The van der Waals surface area contributed by atoms with E-state index in [2.05, 4.69) is 15.9 Å². The first-order chi connectivity index (χ1) is 7.78. The highest BCUT2D eigenvalue weighted by Gasteiger charge is 2.52. The van der Waals surface area contributed by atoms with E-state index in [1.54, 1.807) is 27.7 Å². The number of hydrogen-bond donors (Lipinski definition) is 0. The van der Waals surface area contributed by atoms with Crippen LogP contribution in [0.25, 0.3) is 0 Å². The standard InChI is InChI=1S/C10H16BrO5P/c1-5-14-9(12)7-8(11)10(3,4)16-17(7,13)15-6-2/h5-6H2,1-4H3. The van der Waals surface area contributed by atoms with E-state index in [0.29, 0.717) is 4.48 Å². The van der Waals surface area contributed by atoms with E-state index in [1.807, 2.05) is 0 Å². The fraction of sp³-hybridized carbons (Fsp3) is 0.700. The normalized spacial score (nSPS) is 27.4. The Bertz CT molecular complexity index is 402. The number of halogens is 1. The second-order valence-corrected chi connectivity index (χ2v) is 6.58. The van der Waals surface area contributed by atoms with Gasteiger partial charge in [-0.25, -0.2) is 4.79 Å². The molecule has 0 spiro atoms. The maximum atomic E-state index is 12.5. The first kappa shape index (κ1) is 14.9. The Labute approximate surface area is 109 Å². The summed E-state index contributed by atoms with van der Waals surface area (Å²) >= 11 is 3.24. The van der Waals surface area contributed by atoms with Crippen LogP contribution in [-0.4, -0.2) is 24.8 Å². The molecule has 1 heterocycles. The topological polar surface area (TPSA) is 61.8 Å². The van der Waals surface area contributed by atoms with Crippen LogP contribution in [-0.2, 0) is 23.1 Å². The molecular formula is C10H16BrO5P. The molecule has 5 nitrogen and oxygen atoms in total. The van der Waals surface area contributed by atoms with E-state index in [1.165, 1.54) is 0 Å². The van der Waals surface area contributed by atoms with Crippen LogP contribution in [0, 0.1) is 0 Å².